The SMILES string of the molecule is CC(C)(C)OC(=O)O[C@H](C#N)C(C)(C)C. The predicted octanol–water partition coefficient (Wildman–Crippen LogP) is 2.88. The largest absolute Gasteiger partial charge is 0.510 e. The highest BCUT2D eigenvalue weighted by atomic mass is 16.7. The van der Waals surface area contributed by atoms with Crippen LogP contribution < -0.4 is 0 Å². The first-order chi connectivity index (χ1) is 6.56. The molecule has 0 bridgehead atoms. The molecule has 0 aromatic heterocycles. The van der Waals surface area contributed by atoms with Gasteiger partial charge in [-0.05, 0) is 20.8 Å². The number of nitriles is 1. The Balaban J connectivity index is 4.36. The first-order valence-electron chi connectivity index (χ1n) is 4.85. The zero-order chi connectivity index (χ0) is 12.3. The lowest BCUT2D eigenvalue weighted by molar-refractivity contribution is -0.0358. The quantitative estimate of drug-likeness (QED) is 0.628. The van der Waals surface area contributed by atoms with Gasteiger partial charge in [-0.2, -0.15) is 5.26 Å². The van der Waals surface area contributed by atoms with Crippen LogP contribution in [0.1, 0.15) is 41.5 Å². The maximum absolute atomic E-state index is 11.3. The van der Waals surface area contributed by atoms with Crippen LogP contribution in [0.3, 0.4) is 0 Å². The molecule has 0 saturated carbocycles. The van der Waals surface area contributed by atoms with E-state index in [-0.39, 0.29) is 0 Å². The van der Waals surface area contributed by atoms with Crippen molar-refractivity contribution in [1.82, 2.24) is 0 Å². The predicted molar refractivity (Wildman–Crippen MR) is 56.2 cm³/mol. The number of hydrogen-bond donors (Lipinski definition) is 0. The van der Waals surface area contributed by atoms with Crippen LogP contribution in [0.4, 0.5) is 4.79 Å². The van der Waals surface area contributed by atoms with E-state index in [0.717, 1.165) is 0 Å². The summed E-state index contributed by atoms with van der Waals surface area (Å²) >= 11 is 0. The monoisotopic (exact) mass is 213 g/mol. The molecule has 4 heteroatoms. The van der Waals surface area contributed by atoms with Crippen LogP contribution >= 0.6 is 0 Å². The molecule has 0 fully saturated rings. The van der Waals surface area contributed by atoms with Gasteiger partial charge in [0.2, 0.25) is 0 Å². The minimum atomic E-state index is -0.802. The second-order valence-corrected chi connectivity index (χ2v) is 5.46. The molecule has 0 aliphatic rings. The standard InChI is InChI=1S/C11H19NO3/c1-10(2,3)8(7-12)14-9(13)15-11(4,5)6/h8H,1-6H3/t8-/m1/s1. The minimum Gasteiger partial charge on any atom is -0.429 e. The van der Waals surface area contributed by atoms with Crippen LogP contribution in [0.2, 0.25) is 0 Å². The Morgan fingerprint density at radius 1 is 1.20 bits per heavy atom. The van der Waals surface area contributed by atoms with E-state index in [0.29, 0.717) is 0 Å². The van der Waals surface area contributed by atoms with Crippen molar-refractivity contribution in [2.45, 2.75) is 53.2 Å². The number of nitrogens with zero attached hydrogens (tertiary/aromatic N) is 1. The summed E-state index contributed by atoms with van der Waals surface area (Å²) in [5.74, 6) is 0. The van der Waals surface area contributed by atoms with Gasteiger partial charge in [-0.25, -0.2) is 4.79 Å². The molecule has 0 radical (unpaired) electrons. The number of hydrogen-bond acceptors (Lipinski definition) is 4. The van der Waals surface area contributed by atoms with Crippen molar-refractivity contribution in [2.75, 3.05) is 0 Å². The van der Waals surface area contributed by atoms with Crippen LogP contribution in [-0.4, -0.2) is 17.9 Å². The number of rotatable bonds is 1. The van der Waals surface area contributed by atoms with E-state index in [1.54, 1.807) is 20.8 Å². The number of carbonyl (C=O) groups excluding carboxylic acids is 1. The van der Waals surface area contributed by atoms with E-state index in [9.17, 15) is 4.79 Å². The molecule has 0 aromatic rings. The Hall–Kier alpha value is -1.24. The summed E-state index contributed by atoms with van der Waals surface area (Å²) in [6.07, 6.45) is -1.60. The fourth-order valence-corrected chi connectivity index (χ4v) is 0.767. The van der Waals surface area contributed by atoms with Crippen LogP contribution in [0.25, 0.3) is 0 Å². The molecule has 0 N–H and O–H groups in total. The number of carbonyl (C=O) groups is 1. The third-order valence-corrected chi connectivity index (χ3v) is 1.51. The normalized spacial score (nSPS) is 13.9. The van der Waals surface area contributed by atoms with E-state index in [1.165, 1.54) is 0 Å². The van der Waals surface area contributed by atoms with E-state index < -0.39 is 23.3 Å². The Kier molecular flexibility index (Phi) is 4.15. The van der Waals surface area contributed by atoms with Crippen molar-refractivity contribution in [3.8, 4) is 6.07 Å². The Morgan fingerprint density at radius 3 is 1.93 bits per heavy atom. The number of ether oxygens (including phenoxy) is 2. The zero-order valence-corrected chi connectivity index (χ0v) is 10.2. The van der Waals surface area contributed by atoms with E-state index >= 15 is 0 Å². The van der Waals surface area contributed by atoms with Gasteiger partial charge in [0.1, 0.15) is 11.7 Å². The average molecular weight is 213 g/mol. The molecule has 4 nitrogen and oxygen atoms in total. The Labute approximate surface area is 91.2 Å². The van der Waals surface area contributed by atoms with Crippen molar-refractivity contribution in [2.24, 2.45) is 5.41 Å². The molecular formula is C11H19NO3. The molecule has 0 rings (SSSR count). The molecule has 0 saturated heterocycles. The van der Waals surface area contributed by atoms with E-state index in [2.05, 4.69) is 0 Å². The summed E-state index contributed by atoms with van der Waals surface area (Å²) in [7, 11) is 0. The lowest BCUT2D eigenvalue weighted by Gasteiger charge is -2.26. The summed E-state index contributed by atoms with van der Waals surface area (Å²) in [5.41, 5.74) is -1.01. The van der Waals surface area contributed by atoms with Crippen molar-refractivity contribution >= 4 is 6.16 Å². The summed E-state index contributed by atoms with van der Waals surface area (Å²) < 4.78 is 9.87. The summed E-state index contributed by atoms with van der Waals surface area (Å²) in [5, 5.41) is 8.83. The molecule has 1 atom stereocenters. The van der Waals surface area contributed by atoms with Crippen LogP contribution in [0.15, 0.2) is 0 Å². The maximum atomic E-state index is 11.3. The molecule has 0 aliphatic heterocycles. The highest BCUT2D eigenvalue weighted by Crippen LogP contribution is 2.22. The first kappa shape index (κ1) is 13.8. The summed E-state index contributed by atoms with van der Waals surface area (Å²) in [6.45, 7) is 10.7. The molecule has 0 aromatic carbocycles. The minimum absolute atomic E-state index is 0.411. The second kappa shape index (κ2) is 4.52. The fourth-order valence-electron chi connectivity index (χ4n) is 0.767. The van der Waals surface area contributed by atoms with Gasteiger partial charge in [0.05, 0.1) is 0 Å². The Bertz CT molecular complexity index is 265. The van der Waals surface area contributed by atoms with Crippen molar-refractivity contribution in [3.63, 3.8) is 0 Å². The lowest BCUT2D eigenvalue weighted by Crippen LogP contribution is -2.33. The van der Waals surface area contributed by atoms with E-state index in [1.807, 2.05) is 26.8 Å². The zero-order valence-electron chi connectivity index (χ0n) is 10.2. The molecule has 86 valence electrons. The van der Waals surface area contributed by atoms with Gasteiger partial charge >= 0.3 is 6.16 Å². The average Bonchev–Trinajstić information content (AvgIpc) is 1.94. The first-order valence-corrected chi connectivity index (χ1v) is 4.85. The van der Waals surface area contributed by atoms with Crippen molar-refractivity contribution < 1.29 is 14.3 Å². The summed E-state index contributed by atoms with van der Waals surface area (Å²) in [4.78, 5) is 11.3. The molecule has 0 heterocycles. The highest BCUT2D eigenvalue weighted by Gasteiger charge is 2.30. The summed E-state index contributed by atoms with van der Waals surface area (Å²) in [6, 6.07) is 1.94. The van der Waals surface area contributed by atoms with Crippen LogP contribution in [0, 0.1) is 16.7 Å². The third kappa shape index (κ3) is 5.95. The molecule has 0 unspecified atom stereocenters. The van der Waals surface area contributed by atoms with Gasteiger partial charge in [-0.15, -0.1) is 0 Å². The highest BCUT2D eigenvalue weighted by molar-refractivity contribution is 5.61. The molecule has 0 spiro atoms. The van der Waals surface area contributed by atoms with E-state index in [4.69, 9.17) is 14.7 Å². The van der Waals surface area contributed by atoms with Gasteiger partial charge in [0.25, 0.3) is 0 Å². The molecular weight excluding hydrogens is 194 g/mol. The van der Waals surface area contributed by atoms with Gasteiger partial charge in [-0.1, -0.05) is 20.8 Å². The second-order valence-electron chi connectivity index (χ2n) is 5.46. The fraction of sp³-hybridized carbons (Fsp3) is 0.818. The molecule has 0 aliphatic carbocycles. The smallest absolute Gasteiger partial charge is 0.429 e. The van der Waals surface area contributed by atoms with Gasteiger partial charge in [0.15, 0.2) is 6.10 Å². The van der Waals surface area contributed by atoms with Gasteiger partial charge in [-0.3, -0.25) is 0 Å². The molecule has 0 amide bonds. The van der Waals surface area contributed by atoms with Gasteiger partial charge < -0.3 is 9.47 Å². The Morgan fingerprint density at radius 2 is 1.67 bits per heavy atom. The molecule has 15 heavy (non-hydrogen) atoms. The van der Waals surface area contributed by atoms with Crippen molar-refractivity contribution in [1.29, 1.82) is 5.26 Å². The topological polar surface area (TPSA) is 59.3 Å². The van der Waals surface area contributed by atoms with Gasteiger partial charge in [0, 0.05) is 5.41 Å². The lowest BCUT2D eigenvalue weighted by atomic mass is 9.90. The van der Waals surface area contributed by atoms with Crippen LogP contribution in [-0.2, 0) is 9.47 Å². The van der Waals surface area contributed by atoms with Crippen LogP contribution in [0.5, 0.6) is 0 Å². The third-order valence-electron chi connectivity index (χ3n) is 1.51. The maximum Gasteiger partial charge on any atom is 0.510 e. The van der Waals surface area contributed by atoms with Crippen molar-refractivity contribution in [3.05, 3.63) is 0 Å².